The molecule has 0 amide bonds. The van der Waals surface area contributed by atoms with Gasteiger partial charge in [-0.05, 0) is 27.7 Å². The molecule has 62 valence electrons. The zero-order valence-electron chi connectivity index (χ0n) is 7.39. The van der Waals surface area contributed by atoms with Gasteiger partial charge in [0.15, 0.2) is 0 Å². The lowest BCUT2D eigenvalue weighted by atomic mass is 10.4. The van der Waals surface area contributed by atoms with E-state index in [1.54, 1.807) is 0 Å². The molecule has 0 fully saturated rings. The molecule has 1 atom stereocenters. The largest absolute Gasteiger partial charge is 0.379 e. The first kappa shape index (κ1) is 9.92. The fourth-order valence-corrected chi connectivity index (χ4v) is 0.788. The third-order valence-electron chi connectivity index (χ3n) is 1.06. The molecule has 0 saturated carbocycles. The molecule has 2 nitrogen and oxygen atoms in total. The van der Waals surface area contributed by atoms with Crippen LogP contribution in [-0.2, 0) is 9.47 Å². The molecule has 0 bridgehead atoms. The summed E-state index contributed by atoms with van der Waals surface area (Å²) < 4.78 is 10.6. The molecule has 2 heteroatoms. The molecule has 0 aliphatic heterocycles. The molecule has 0 rings (SSSR count). The highest BCUT2D eigenvalue weighted by Crippen LogP contribution is 1.96. The average molecular weight is 146 g/mol. The van der Waals surface area contributed by atoms with E-state index >= 15 is 0 Å². The van der Waals surface area contributed by atoms with Crippen LogP contribution in [0.25, 0.3) is 0 Å². The number of ether oxygens (including phenoxy) is 2. The van der Waals surface area contributed by atoms with Crippen molar-refractivity contribution in [2.45, 2.75) is 39.9 Å². The summed E-state index contributed by atoms with van der Waals surface area (Å²) in [7, 11) is 0. The average Bonchev–Trinajstić information content (AvgIpc) is 1.82. The minimum atomic E-state index is 0.222. The van der Waals surface area contributed by atoms with Crippen molar-refractivity contribution in [1.82, 2.24) is 0 Å². The van der Waals surface area contributed by atoms with E-state index in [1.807, 2.05) is 27.7 Å². The summed E-state index contributed by atoms with van der Waals surface area (Å²) in [5.41, 5.74) is 0. The van der Waals surface area contributed by atoms with Gasteiger partial charge in [-0.25, -0.2) is 0 Å². The molecular weight excluding hydrogens is 128 g/mol. The van der Waals surface area contributed by atoms with E-state index < -0.39 is 0 Å². The van der Waals surface area contributed by atoms with Crippen LogP contribution in [0.2, 0.25) is 0 Å². The first-order valence-corrected chi connectivity index (χ1v) is 3.90. The second-order valence-electron chi connectivity index (χ2n) is 2.65. The molecule has 0 aromatic rings. The van der Waals surface area contributed by atoms with E-state index in [1.165, 1.54) is 0 Å². The van der Waals surface area contributed by atoms with Crippen molar-refractivity contribution in [2.24, 2.45) is 0 Å². The lowest BCUT2D eigenvalue weighted by Crippen LogP contribution is -2.19. The maximum absolute atomic E-state index is 5.43. The maximum atomic E-state index is 5.43. The van der Waals surface area contributed by atoms with Crippen molar-refractivity contribution in [3.63, 3.8) is 0 Å². The normalized spacial score (nSPS) is 14.1. The third kappa shape index (κ3) is 6.05. The van der Waals surface area contributed by atoms with Gasteiger partial charge in [-0.3, -0.25) is 0 Å². The minimum Gasteiger partial charge on any atom is -0.379 e. The van der Waals surface area contributed by atoms with E-state index in [0.717, 1.165) is 6.61 Å². The van der Waals surface area contributed by atoms with Crippen LogP contribution in [0.4, 0.5) is 0 Å². The lowest BCUT2D eigenvalue weighted by Gasteiger charge is -2.15. The van der Waals surface area contributed by atoms with E-state index in [4.69, 9.17) is 9.47 Å². The molecule has 1 unspecified atom stereocenters. The number of rotatable bonds is 5. The molecule has 0 saturated heterocycles. The van der Waals surface area contributed by atoms with E-state index in [0.29, 0.717) is 12.7 Å². The SMILES string of the molecule is CCOCC(C)OC(C)C. The van der Waals surface area contributed by atoms with Gasteiger partial charge in [0.05, 0.1) is 18.8 Å². The van der Waals surface area contributed by atoms with Gasteiger partial charge in [0.2, 0.25) is 0 Å². The lowest BCUT2D eigenvalue weighted by molar-refractivity contribution is -0.0324. The van der Waals surface area contributed by atoms with Crippen molar-refractivity contribution < 1.29 is 9.47 Å². The number of hydrogen-bond acceptors (Lipinski definition) is 2. The highest BCUT2D eigenvalue weighted by Gasteiger charge is 2.02. The van der Waals surface area contributed by atoms with Crippen LogP contribution in [0.3, 0.4) is 0 Å². The van der Waals surface area contributed by atoms with Crippen LogP contribution in [0.1, 0.15) is 27.7 Å². The van der Waals surface area contributed by atoms with Gasteiger partial charge in [-0.1, -0.05) is 0 Å². The first-order valence-electron chi connectivity index (χ1n) is 3.90. The van der Waals surface area contributed by atoms with Crippen molar-refractivity contribution in [1.29, 1.82) is 0 Å². The molecule has 0 aliphatic rings. The van der Waals surface area contributed by atoms with Gasteiger partial charge in [0, 0.05) is 6.61 Å². The first-order chi connectivity index (χ1) is 4.66. The zero-order valence-corrected chi connectivity index (χ0v) is 7.39. The highest BCUT2D eigenvalue weighted by atomic mass is 16.5. The molecule has 0 aromatic heterocycles. The van der Waals surface area contributed by atoms with Crippen LogP contribution < -0.4 is 0 Å². The summed E-state index contributed by atoms with van der Waals surface area (Å²) in [6.07, 6.45) is 0.524. The van der Waals surface area contributed by atoms with Crippen LogP contribution in [-0.4, -0.2) is 25.4 Å². The summed E-state index contributed by atoms with van der Waals surface area (Å²) in [6.45, 7) is 9.54. The molecular formula is C8H18O2. The van der Waals surface area contributed by atoms with Crippen LogP contribution >= 0.6 is 0 Å². The molecule has 0 heterocycles. The Labute approximate surface area is 63.5 Å². The summed E-state index contributed by atoms with van der Waals surface area (Å²) in [5.74, 6) is 0. The van der Waals surface area contributed by atoms with Gasteiger partial charge in [-0.15, -0.1) is 0 Å². The Balaban J connectivity index is 3.16. The summed E-state index contributed by atoms with van der Waals surface area (Å²) in [5, 5.41) is 0. The fraction of sp³-hybridized carbons (Fsp3) is 1.00. The van der Waals surface area contributed by atoms with Crippen molar-refractivity contribution in [3.05, 3.63) is 0 Å². The van der Waals surface area contributed by atoms with Crippen LogP contribution in [0, 0.1) is 0 Å². The Morgan fingerprint density at radius 2 is 1.80 bits per heavy atom. The van der Waals surface area contributed by atoms with Gasteiger partial charge >= 0.3 is 0 Å². The van der Waals surface area contributed by atoms with E-state index in [2.05, 4.69) is 0 Å². The highest BCUT2D eigenvalue weighted by molar-refractivity contribution is 4.48. The standard InChI is InChI=1S/C8H18O2/c1-5-9-6-8(4)10-7(2)3/h7-8H,5-6H2,1-4H3. The monoisotopic (exact) mass is 146 g/mol. The Hall–Kier alpha value is -0.0800. The van der Waals surface area contributed by atoms with E-state index in [9.17, 15) is 0 Å². The van der Waals surface area contributed by atoms with Crippen molar-refractivity contribution >= 4 is 0 Å². The summed E-state index contributed by atoms with van der Waals surface area (Å²) in [4.78, 5) is 0. The van der Waals surface area contributed by atoms with Crippen molar-refractivity contribution in [3.8, 4) is 0 Å². The van der Waals surface area contributed by atoms with Crippen LogP contribution in [0.5, 0.6) is 0 Å². The van der Waals surface area contributed by atoms with Gasteiger partial charge in [0.1, 0.15) is 0 Å². The zero-order chi connectivity index (χ0) is 7.98. The summed E-state index contributed by atoms with van der Waals surface area (Å²) >= 11 is 0. The molecule has 0 spiro atoms. The van der Waals surface area contributed by atoms with E-state index in [-0.39, 0.29) is 6.10 Å². The predicted octanol–water partition coefficient (Wildman–Crippen LogP) is 1.84. The fourth-order valence-electron chi connectivity index (χ4n) is 0.788. The quantitative estimate of drug-likeness (QED) is 0.589. The third-order valence-corrected chi connectivity index (χ3v) is 1.06. The second-order valence-corrected chi connectivity index (χ2v) is 2.65. The van der Waals surface area contributed by atoms with Gasteiger partial charge < -0.3 is 9.47 Å². The van der Waals surface area contributed by atoms with Gasteiger partial charge in [0.25, 0.3) is 0 Å². The molecule has 0 N–H and O–H groups in total. The maximum Gasteiger partial charge on any atom is 0.0783 e. The van der Waals surface area contributed by atoms with Crippen LogP contribution in [0.15, 0.2) is 0 Å². The van der Waals surface area contributed by atoms with Crippen molar-refractivity contribution in [2.75, 3.05) is 13.2 Å². The van der Waals surface area contributed by atoms with Gasteiger partial charge in [-0.2, -0.15) is 0 Å². The Morgan fingerprint density at radius 3 is 2.20 bits per heavy atom. The number of hydrogen-bond donors (Lipinski definition) is 0. The topological polar surface area (TPSA) is 18.5 Å². The molecule has 0 aromatic carbocycles. The Morgan fingerprint density at radius 1 is 1.20 bits per heavy atom. The smallest absolute Gasteiger partial charge is 0.0783 e. The molecule has 10 heavy (non-hydrogen) atoms. The summed E-state index contributed by atoms with van der Waals surface area (Å²) in [6, 6.07) is 0. The Kier molecular flexibility index (Phi) is 5.64. The Bertz CT molecular complexity index is 71.7. The molecule has 0 radical (unpaired) electrons. The second kappa shape index (κ2) is 5.69. The predicted molar refractivity (Wildman–Crippen MR) is 42.2 cm³/mol. The minimum absolute atomic E-state index is 0.222. The molecule has 0 aliphatic carbocycles.